The molecule has 1 rings (SSSR count). The summed E-state index contributed by atoms with van der Waals surface area (Å²) in [5.74, 6) is 1.52. The van der Waals surface area contributed by atoms with E-state index >= 15 is 0 Å². The number of halogens is 1. The van der Waals surface area contributed by atoms with Crippen LogP contribution in [0.1, 0.15) is 32.5 Å². The number of hydrogen-bond acceptors (Lipinski definition) is 2. The molecule has 0 bridgehead atoms. The first-order valence-corrected chi connectivity index (χ1v) is 5.28. The number of aromatic nitrogens is 2. The van der Waals surface area contributed by atoms with Crippen molar-refractivity contribution in [1.29, 1.82) is 0 Å². The van der Waals surface area contributed by atoms with Crippen molar-refractivity contribution < 1.29 is 0 Å². The summed E-state index contributed by atoms with van der Waals surface area (Å²) in [5.41, 5.74) is 5.75. The number of imidazole rings is 1. The number of nitrogens with zero attached hydrogens (tertiary/aromatic N) is 2. The molecule has 0 amide bonds. The van der Waals surface area contributed by atoms with Crippen LogP contribution in [0.5, 0.6) is 0 Å². The Morgan fingerprint density at radius 1 is 1.54 bits per heavy atom. The van der Waals surface area contributed by atoms with Gasteiger partial charge in [-0.25, -0.2) is 4.98 Å². The lowest BCUT2D eigenvalue weighted by atomic mass is 10.2. The molecule has 2 N–H and O–H groups in total. The van der Waals surface area contributed by atoms with E-state index in [9.17, 15) is 0 Å². The van der Waals surface area contributed by atoms with E-state index in [1.165, 1.54) is 0 Å². The Morgan fingerprint density at radius 3 is 2.62 bits per heavy atom. The lowest BCUT2D eigenvalue weighted by Gasteiger charge is -2.13. The van der Waals surface area contributed by atoms with E-state index in [1.807, 2.05) is 13.1 Å². The van der Waals surface area contributed by atoms with Crippen LogP contribution in [-0.2, 0) is 6.54 Å². The first-order valence-electron chi connectivity index (χ1n) is 4.49. The Hall–Kier alpha value is -0.350. The molecule has 0 aliphatic rings. The number of rotatable bonds is 3. The maximum atomic E-state index is 5.75. The van der Waals surface area contributed by atoms with Crippen LogP contribution in [0.4, 0.5) is 0 Å². The maximum Gasteiger partial charge on any atom is 0.112 e. The van der Waals surface area contributed by atoms with Gasteiger partial charge in [0.05, 0.1) is 6.20 Å². The predicted octanol–water partition coefficient (Wildman–Crippen LogP) is 2.12. The Bertz CT molecular complexity index is 278. The zero-order chi connectivity index (χ0) is 10.0. The molecule has 0 fully saturated rings. The minimum Gasteiger partial charge on any atom is -0.326 e. The van der Waals surface area contributed by atoms with Crippen LogP contribution in [-0.4, -0.2) is 15.6 Å². The molecule has 1 unspecified atom stereocenters. The fourth-order valence-electron chi connectivity index (χ4n) is 1.30. The van der Waals surface area contributed by atoms with Gasteiger partial charge in [-0.05, 0) is 22.9 Å². The lowest BCUT2D eigenvalue weighted by Crippen LogP contribution is -2.23. The molecule has 0 aliphatic heterocycles. The van der Waals surface area contributed by atoms with Crippen molar-refractivity contribution in [2.45, 2.75) is 39.3 Å². The van der Waals surface area contributed by atoms with Crippen LogP contribution in [0.25, 0.3) is 0 Å². The summed E-state index contributed by atoms with van der Waals surface area (Å²) in [4.78, 5) is 4.33. The van der Waals surface area contributed by atoms with E-state index in [1.54, 1.807) is 0 Å². The van der Waals surface area contributed by atoms with Crippen LogP contribution >= 0.6 is 15.9 Å². The van der Waals surface area contributed by atoms with Crippen molar-refractivity contribution in [1.82, 2.24) is 9.55 Å². The van der Waals surface area contributed by atoms with Crippen LogP contribution in [0, 0.1) is 0 Å². The molecule has 0 saturated carbocycles. The third-order valence-corrected chi connectivity index (χ3v) is 2.46. The highest BCUT2D eigenvalue weighted by molar-refractivity contribution is 9.10. The van der Waals surface area contributed by atoms with Crippen LogP contribution in [0.15, 0.2) is 10.8 Å². The molecule has 4 heteroatoms. The minimum absolute atomic E-state index is 0.156. The van der Waals surface area contributed by atoms with Crippen molar-refractivity contribution in [2.75, 3.05) is 0 Å². The molecule has 1 atom stereocenters. The van der Waals surface area contributed by atoms with Crippen molar-refractivity contribution in [3.63, 3.8) is 0 Å². The molecule has 0 spiro atoms. The standard InChI is InChI=1S/C9H16BrN3/c1-6(2)9-12-4-8(10)13(9)5-7(3)11/h4,6-7H,5,11H2,1-3H3. The van der Waals surface area contributed by atoms with E-state index in [0.717, 1.165) is 17.0 Å². The van der Waals surface area contributed by atoms with Crippen LogP contribution in [0.2, 0.25) is 0 Å². The summed E-state index contributed by atoms with van der Waals surface area (Å²) < 4.78 is 3.13. The van der Waals surface area contributed by atoms with Gasteiger partial charge in [-0.15, -0.1) is 0 Å². The monoisotopic (exact) mass is 245 g/mol. The second-order valence-electron chi connectivity index (χ2n) is 3.68. The van der Waals surface area contributed by atoms with Gasteiger partial charge >= 0.3 is 0 Å². The Morgan fingerprint density at radius 2 is 2.15 bits per heavy atom. The van der Waals surface area contributed by atoms with E-state index in [4.69, 9.17) is 5.73 Å². The average Bonchev–Trinajstić information content (AvgIpc) is 2.32. The Balaban J connectivity index is 2.94. The molecule has 0 aliphatic carbocycles. The molecule has 13 heavy (non-hydrogen) atoms. The van der Waals surface area contributed by atoms with Gasteiger partial charge < -0.3 is 10.3 Å². The fraction of sp³-hybridized carbons (Fsp3) is 0.667. The van der Waals surface area contributed by atoms with Gasteiger partial charge in [-0.2, -0.15) is 0 Å². The lowest BCUT2D eigenvalue weighted by molar-refractivity contribution is 0.545. The van der Waals surface area contributed by atoms with E-state index in [2.05, 4.69) is 39.3 Å². The number of nitrogens with two attached hydrogens (primary N) is 1. The zero-order valence-corrected chi connectivity index (χ0v) is 9.87. The highest BCUT2D eigenvalue weighted by Crippen LogP contribution is 2.19. The Kier molecular flexibility index (Phi) is 3.50. The smallest absolute Gasteiger partial charge is 0.112 e. The van der Waals surface area contributed by atoms with Crippen molar-refractivity contribution in [3.05, 3.63) is 16.6 Å². The summed E-state index contributed by atoms with van der Waals surface area (Å²) in [5, 5.41) is 0. The molecule has 0 radical (unpaired) electrons. The third kappa shape index (κ3) is 2.54. The third-order valence-electron chi connectivity index (χ3n) is 1.82. The predicted molar refractivity (Wildman–Crippen MR) is 57.7 cm³/mol. The van der Waals surface area contributed by atoms with Crippen molar-refractivity contribution in [2.24, 2.45) is 5.73 Å². The van der Waals surface area contributed by atoms with Gasteiger partial charge in [-0.1, -0.05) is 13.8 Å². The van der Waals surface area contributed by atoms with Gasteiger partial charge in [0.15, 0.2) is 0 Å². The molecule has 1 heterocycles. The largest absolute Gasteiger partial charge is 0.326 e. The second kappa shape index (κ2) is 4.24. The maximum absolute atomic E-state index is 5.75. The molecule has 1 aromatic rings. The molecule has 0 aromatic carbocycles. The average molecular weight is 246 g/mol. The zero-order valence-electron chi connectivity index (χ0n) is 8.29. The second-order valence-corrected chi connectivity index (χ2v) is 4.49. The van der Waals surface area contributed by atoms with Crippen molar-refractivity contribution >= 4 is 15.9 Å². The molecular formula is C9H16BrN3. The van der Waals surface area contributed by atoms with Gasteiger partial charge in [0.1, 0.15) is 10.4 Å². The van der Waals surface area contributed by atoms with Gasteiger partial charge in [0.25, 0.3) is 0 Å². The first-order chi connectivity index (χ1) is 6.02. The van der Waals surface area contributed by atoms with E-state index in [-0.39, 0.29) is 6.04 Å². The summed E-state index contributed by atoms with van der Waals surface area (Å²) in [7, 11) is 0. The van der Waals surface area contributed by atoms with Crippen LogP contribution in [0.3, 0.4) is 0 Å². The molecule has 74 valence electrons. The SMILES string of the molecule is CC(N)Cn1c(Br)cnc1C(C)C. The fourth-order valence-corrected chi connectivity index (χ4v) is 1.73. The quantitative estimate of drug-likeness (QED) is 0.887. The summed E-state index contributed by atoms with van der Waals surface area (Å²) in [6.07, 6.45) is 1.83. The minimum atomic E-state index is 0.156. The summed E-state index contributed by atoms with van der Waals surface area (Å²) >= 11 is 3.46. The van der Waals surface area contributed by atoms with Gasteiger partial charge in [0, 0.05) is 18.5 Å². The summed E-state index contributed by atoms with van der Waals surface area (Å²) in [6, 6.07) is 0.156. The highest BCUT2D eigenvalue weighted by atomic mass is 79.9. The van der Waals surface area contributed by atoms with Crippen molar-refractivity contribution in [3.8, 4) is 0 Å². The molecule has 1 aromatic heterocycles. The highest BCUT2D eigenvalue weighted by Gasteiger charge is 2.11. The summed E-state index contributed by atoms with van der Waals surface area (Å²) in [6.45, 7) is 7.07. The van der Waals surface area contributed by atoms with Crippen LogP contribution < -0.4 is 5.73 Å². The first kappa shape index (κ1) is 10.7. The van der Waals surface area contributed by atoms with E-state index in [0.29, 0.717) is 5.92 Å². The molecule has 0 saturated heterocycles. The normalized spacial score (nSPS) is 13.7. The molecule has 3 nitrogen and oxygen atoms in total. The van der Waals surface area contributed by atoms with Gasteiger partial charge in [-0.3, -0.25) is 0 Å². The van der Waals surface area contributed by atoms with Gasteiger partial charge in [0.2, 0.25) is 0 Å². The Labute approximate surface area is 87.5 Å². The van der Waals surface area contributed by atoms with E-state index < -0.39 is 0 Å². The topological polar surface area (TPSA) is 43.8 Å². The number of hydrogen-bond donors (Lipinski definition) is 1. The molecular weight excluding hydrogens is 230 g/mol.